The number of aromatic carboxylic acids is 1. The number of carbonyl (C=O) groups is 2. The van der Waals surface area contributed by atoms with Crippen LogP contribution in [-0.2, 0) is 0 Å². The normalized spacial score (nSPS) is 10.6. The van der Waals surface area contributed by atoms with Gasteiger partial charge in [0.1, 0.15) is 0 Å². The lowest BCUT2D eigenvalue weighted by atomic mass is 9.91. The highest BCUT2D eigenvalue weighted by molar-refractivity contribution is 6.13. The van der Waals surface area contributed by atoms with Crippen LogP contribution in [0.1, 0.15) is 43.0 Å². The van der Waals surface area contributed by atoms with E-state index in [2.05, 4.69) is 18.2 Å². The highest BCUT2D eigenvalue weighted by Crippen LogP contribution is 2.28. The van der Waals surface area contributed by atoms with E-state index in [1.807, 2.05) is 39.0 Å². The molecule has 3 aromatic rings. The minimum atomic E-state index is -1.00. The molecule has 3 heteroatoms. The summed E-state index contributed by atoms with van der Waals surface area (Å²) in [5.74, 6) is -1.12. The summed E-state index contributed by atoms with van der Waals surface area (Å²) in [5, 5.41) is 9.03. The van der Waals surface area contributed by atoms with Gasteiger partial charge in [-0.2, -0.15) is 0 Å². The zero-order valence-electron chi connectivity index (χ0n) is 15.0. The second kappa shape index (κ2) is 6.96. The number of ketones is 1. The summed E-state index contributed by atoms with van der Waals surface area (Å²) in [6.07, 6.45) is 0. The Morgan fingerprint density at radius 1 is 0.692 bits per heavy atom. The fourth-order valence-corrected chi connectivity index (χ4v) is 3.15. The van der Waals surface area contributed by atoms with E-state index in [-0.39, 0.29) is 11.3 Å². The zero-order valence-corrected chi connectivity index (χ0v) is 15.0. The van der Waals surface area contributed by atoms with Gasteiger partial charge in [0, 0.05) is 11.1 Å². The maximum absolute atomic E-state index is 13.1. The third-order valence-corrected chi connectivity index (χ3v) is 4.35. The largest absolute Gasteiger partial charge is 0.478 e. The van der Waals surface area contributed by atoms with Gasteiger partial charge >= 0.3 is 5.97 Å². The number of carbonyl (C=O) groups excluding carboxylic acids is 1. The molecule has 0 aliphatic heterocycles. The molecule has 0 saturated carbocycles. The van der Waals surface area contributed by atoms with Crippen molar-refractivity contribution in [3.63, 3.8) is 0 Å². The van der Waals surface area contributed by atoms with Gasteiger partial charge in [0.15, 0.2) is 5.78 Å². The molecule has 0 spiro atoms. The van der Waals surface area contributed by atoms with Crippen molar-refractivity contribution in [2.45, 2.75) is 20.8 Å². The lowest BCUT2D eigenvalue weighted by Crippen LogP contribution is -2.05. The average Bonchev–Trinajstić information content (AvgIpc) is 2.60. The fourth-order valence-electron chi connectivity index (χ4n) is 3.15. The van der Waals surface area contributed by atoms with Crippen LogP contribution in [0.25, 0.3) is 11.1 Å². The molecular weight excluding hydrogens is 324 g/mol. The molecular formula is C23H20O3. The van der Waals surface area contributed by atoms with Crippen molar-refractivity contribution in [3.05, 3.63) is 94.0 Å². The van der Waals surface area contributed by atoms with Gasteiger partial charge in [-0.05, 0) is 50.1 Å². The maximum Gasteiger partial charge on any atom is 0.335 e. The van der Waals surface area contributed by atoms with Crippen molar-refractivity contribution in [3.8, 4) is 11.1 Å². The van der Waals surface area contributed by atoms with Crippen molar-refractivity contribution in [1.82, 2.24) is 0 Å². The minimum absolute atomic E-state index is 0.111. The molecule has 0 atom stereocenters. The van der Waals surface area contributed by atoms with E-state index in [0.717, 1.165) is 27.8 Å². The Labute approximate surface area is 152 Å². The average molecular weight is 344 g/mol. The molecule has 0 radical (unpaired) electrons. The van der Waals surface area contributed by atoms with Gasteiger partial charge in [0.2, 0.25) is 0 Å². The number of rotatable bonds is 4. The maximum atomic E-state index is 13.1. The summed E-state index contributed by atoms with van der Waals surface area (Å²) in [5.41, 5.74) is 6.45. The summed E-state index contributed by atoms with van der Waals surface area (Å²) in [6, 6.07) is 18.2. The van der Waals surface area contributed by atoms with E-state index in [1.165, 1.54) is 12.1 Å². The van der Waals surface area contributed by atoms with Crippen LogP contribution in [0.15, 0.2) is 60.7 Å². The van der Waals surface area contributed by atoms with Crippen molar-refractivity contribution < 1.29 is 14.7 Å². The van der Waals surface area contributed by atoms with Crippen LogP contribution in [0.4, 0.5) is 0 Å². The molecule has 0 unspecified atom stereocenters. The molecule has 0 bridgehead atoms. The molecule has 0 aromatic heterocycles. The topological polar surface area (TPSA) is 54.4 Å². The highest BCUT2D eigenvalue weighted by atomic mass is 16.4. The molecule has 3 aromatic carbocycles. The molecule has 0 amide bonds. The Balaban J connectivity index is 2.10. The summed E-state index contributed by atoms with van der Waals surface area (Å²) in [7, 11) is 0. The van der Waals surface area contributed by atoms with Gasteiger partial charge in [-0.25, -0.2) is 4.79 Å². The minimum Gasteiger partial charge on any atom is -0.478 e. The Kier molecular flexibility index (Phi) is 4.72. The molecule has 0 fully saturated rings. The standard InChI is InChI=1S/C23H20O3/c1-14-4-9-20(19-11-15(2)10-16(3)12-19)21(13-14)22(24)17-5-7-18(8-6-17)23(25)26/h4-13H,1-3H3,(H,25,26). The van der Waals surface area contributed by atoms with Crippen molar-refractivity contribution >= 4 is 11.8 Å². The second-order valence-corrected chi connectivity index (χ2v) is 6.64. The molecule has 26 heavy (non-hydrogen) atoms. The summed E-state index contributed by atoms with van der Waals surface area (Å²) in [6.45, 7) is 6.03. The first kappa shape index (κ1) is 17.6. The number of aryl methyl sites for hydroxylation is 3. The van der Waals surface area contributed by atoms with E-state index >= 15 is 0 Å². The molecule has 0 heterocycles. The molecule has 3 rings (SSSR count). The number of carboxylic acid groups (broad SMARTS) is 1. The molecule has 0 aliphatic rings. The van der Waals surface area contributed by atoms with E-state index in [0.29, 0.717) is 11.1 Å². The van der Waals surface area contributed by atoms with Crippen LogP contribution in [0.5, 0.6) is 0 Å². The Morgan fingerprint density at radius 3 is 1.85 bits per heavy atom. The van der Waals surface area contributed by atoms with E-state index < -0.39 is 5.97 Å². The van der Waals surface area contributed by atoms with Gasteiger partial charge in [-0.3, -0.25) is 4.79 Å². The number of hydrogen-bond donors (Lipinski definition) is 1. The van der Waals surface area contributed by atoms with Gasteiger partial charge in [0.05, 0.1) is 5.56 Å². The third kappa shape index (κ3) is 3.57. The van der Waals surface area contributed by atoms with E-state index in [4.69, 9.17) is 5.11 Å². The van der Waals surface area contributed by atoms with Crippen LogP contribution < -0.4 is 0 Å². The number of hydrogen-bond acceptors (Lipinski definition) is 2. The lowest BCUT2D eigenvalue weighted by Gasteiger charge is -2.12. The number of benzene rings is 3. The van der Waals surface area contributed by atoms with Crippen molar-refractivity contribution in [1.29, 1.82) is 0 Å². The molecule has 130 valence electrons. The molecule has 0 aliphatic carbocycles. The summed E-state index contributed by atoms with van der Waals surface area (Å²) >= 11 is 0. The van der Waals surface area contributed by atoms with E-state index in [1.54, 1.807) is 12.1 Å². The molecule has 0 saturated heterocycles. The first-order valence-corrected chi connectivity index (χ1v) is 8.42. The van der Waals surface area contributed by atoms with Crippen LogP contribution in [0.3, 0.4) is 0 Å². The second-order valence-electron chi connectivity index (χ2n) is 6.64. The van der Waals surface area contributed by atoms with Crippen LogP contribution in [-0.4, -0.2) is 16.9 Å². The summed E-state index contributed by atoms with van der Waals surface area (Å²) in [4.78, 5) is 24.1. The fraction of sp³-hybridized carbons (Fsp3) is 0.130. The van der Waals surface area contributed by atoms with Crippen LogP contribution in [0.2, 0.25) is 0 Å². The van der Waals surface area contributed by atoms with Crippen LogP contribution >= 0.6 is 0 Å². The van der Waals surface area contributed by atoms with Crippen LogP contribution in [0, 0.1) is 20.8 Å². The van der Waals surface area contributed by atoms with E-state index in [9.17, 15) is 9.59 Å². The summed E-state index contributed by atoms with van der Waals surface area (Å²) < 4.78 is 0. The smallest absolute Gasteiger partial charge is 0.335 e. The van der Waals surface area contributed by atoms with Gasteiger partial charge in [-0.1, -0.05) is 59.2 Å². The van der Waals surface area contributed by atoms with Gasteiger partial charge in [-0.15, -0.1) is 0 Å². The number of carboxylic acids is 1. The quantitative estimate of drug-likeness (QED) is 0.661. The molecule has 3 nitrogen and oxygen atoms in total. The van der Waals surface area contributed by atoms with Crippen molar-refractivity contribution in [2.24, 2.45) is 0 Å². The first-order chi connectivity index (χ1) is 12.3. The predicted octanol–water partition coefficient (Wildman–Crippen LogP) is 5.21. The van der Waals surface area contributed by atoms with Gasteiger partial charge in [0.25, 0.3) is 0 Å². The van der Waals surface area contributed by atoms with Crippen molar-refractivity contribution in [2.75, 3.05) is 0 Å². The molecule has 1 N–H and O–H groups in total. The highest BCUT2D eigenvalue weighted by Gasteiger charge is 2.16. The lowest BCUT2D eigenvalue weighted by molar-refractivity contribution is 0.0696. The Hall–Kier alpha value is -3.20. The third-order valence-electron chi connectivity index (χ3n) is 4.35. The Morgan fingerprint density at radius 2 is 1.27 bits per heavy atom. The first-order valence-electron chi connectivity index (χ1n) is 8.42. The predicted molar refractivity (Wildman–Crippen MR) is 103 cm³/mol. The SMILES string of the molecule is Cc1cc(C)cc(-c2ccc(C)cc2C(=O)c2ccc(C(=O)O)cc2)c1. The van der Waals surface area contributed by atoms with Gasteiger partial charge < -0.3 is 5.11 Å². The monoisotopic (exact) mass is 344 g/mol. The Bertz CT molecular complexity index is 978. The zero-order chi connectivity index (χ0) is 18.8.